The number of anilines is 2. The van der Waals surface area contributed by atoms with Crippen molar-refractivity contribution >= 4 is 28.4 Å². The molecule has 1 aliphatic heterocycles. The van der Waals surface area contributed by atoms with Crippen LogP contribution in [-0.2, 0) is 0 Å². The van der Waals surface area contributed by atoms with Gasteiger partial charge >= 0.3 is 6.03 Å². The van der Waals surface area contributed by atoms with E-state index in [1.54, 1.807) is 12.1 Å². The fourth-order valence-corrected chi connectivity index (χ4v) is 3.31. The highest BCUT2D eigenvalue weighted by atomic mass is 16.7. The number of carbonyl (C=O) groups excluding carboxylic acids is 1. The van der Waals surface area contributed by atoms with Crippen molar-refractivity contribution in [1.29, 1.82) is 5.26 Å². The van der Waals surface area contributed by atoms with E-state index in [9.17, 15) is 10.1 Å². The first-order valence-corrected chi connectivity index (χ1v) is 9.54. The number of nitrogens with one attached hydrogen (secondary N) is 3. The van der Waals surface area contributed by atoms with Gasteiger partial charge in [-0.05, 0) is 37.1 Å². The zero-order chi connectivity index (χ0) is 21.1. The van der Waals surface area contributed by atoms with E-state index >= 15 is 0 Å². The second-order valence-corrected chi connectivity index (χ2v) is 6.97. The highest BCUT2D eigenvalue weighted by Gasteiger charge is 2.16. The maximum atomic E-state index is 12.2. The number of amides is 2. The van der Waals surface area contributed by atoms with Crippen LogP contribution in [0.15, 0.2) is 36.4 Å². The molecule has 0 bridgehead atoms. The highest BCUT2D eigenvalue weighted by molar-refractivity contribution is 5.91. The van der Waals surface area contributed by atoms with Gasteiger partial charge in [0, 0.05) is 30.2 Å². The summed E-state index contributed by atoms with van der Waals surface area (Å²) in [6.45, 7) is 4.86. The number of pyridine rings is 1. The third kappa shape index (κ3) is 3.91. The fourth-order valence-electron chi connectivity index (χ4n) is 3.31. The van der Waals surface area contributed by atoms with E-state index in [0.717, 1.165) is 22.2 Å². The smallest absolute Gasteiger partial charge is 0.319 e. The predicted molar refractivity (Wildman–Crippen MR) is 114 cm³/mol. The van der Waals surface area contributed by atoms with Crippen molar-refractivity contribution in [3.63, 3.8) is 0 Å². The van der Waals surface area contributed by atoms with Crippen LogP contribution in [0.2, 0.25) is 0 Å². The van der Waals surface area contributed by atoms with Crippen LogP contribution in [0.3, 0.4) is 0 Å². The Hall–Kier alpha value is -3.99. The van der Waals surface area contributed by atoms with Crippen LogP contribution in [0.25, 0.3) is 10.9 Å². The third-order valence-electron chi connectivity index (χ3n) is 4.85. The Labute approximate surface area is 173 Å². The summed E-state index contributed by atoms with van der Waals surface area (Å²) in [4.78, 5) is 16.7. The average molecular weight is 403 g/mol. The topological polar surface area (TPSA) is 108 Å². The second kappa shape index (κ2) is 8.17. The minimum Gasteiger partial charge on any atom is -0.454 e. The van der Waals surface area contributed by atoms with Crippen molar-refractivity contribution in [2.45, 2.75) is 13.8 Å². The van der Waals surface area contributed by atoms with E-state index in [4.69, 9.17) is 9.47 Å². The Kier molecular flexibility index (Phi) is 5.26. The lowest BCUT2D eigenvalue weighted by Crippen LogP contribution is -2.33. The molecule has 0 saturated carbocycles. The Morgan fingerprint density at radius 3 is 2.60 bits per heavy atom. The van der Waals surface area contributed by atoms with Crippen LogP contribution in [0.4, 0.5) is 16.3 Å². The molecule has 0 aliphatic carbocycles. The molecule has 1 aromatic heterocycles. The summed E-state index contributed by atoms with van der Waals surface area (Å²) in [5, 5.41) is 19.1. The first-order valence-electron chi connectivity index (χ1n) is 9.54. The molecule has 3 N–H and O–H groups in total. The summed E-state index contributed by atoms with van der Waals surface area (Å²) in [5.41, 5.74) is 3.93. The van der Waals surface area contributed by atoms with Gasteiger partial charge in [-0.25, -0.2) is 9.78 Å². The van der Waals surface area contributed by atoms with E-state index in [-0.39, 0.29) is 12.8 Å². The minimum absolute atomic E-state index is 0.178. The summed E-state index contributed by atoms with van der Waals surface area (Å²) in [7, 11) is 0. The quantitative estimate of drug-likeness (QED) is 0.561. The van der Waals surface area contributed by atoms with Gasteiger partial charge in [0.1, 0.15) is 11.9 Å². The molecule has 0 radical (unpaired) electrons. The highest BCUT2D eigenvalue weighted by Crippen LogP contribution is 2.36. The summed E-state index contributed by atoms with van der Waals surface area (Å²) in [5.74, 6) is 1.74. The van der Waals surface area contributed by atoms with Gasteiger partial charge in [0.25, 0.3) is 0 Å². The first-order chi connectivity index (χ1) is 14.5. The molecule has 1 aliphatic rings. The SMILES string of the molecule is Cc1cccc(C)c1NC(=O)NCCNc1nc2cc3c(cc2cc1C#N)OCO3. The predicted octanol–water partition coefficient (Wildman–Crippen LogP) is 3.69. The Morgan fingerprint density at radius 2 is 1.87 bits per heavy atom. The molecule has 152 valence electrons. The lowest BCUT2D eigenvalue weighted by molar-refractivity contribution is 0.174. The summed E-state index contributed by atoms with van der Waals surface area (Å²) in [6, 6.07) is 13.1. The number of nitrogens with zero attached hydrogens (tertiary/aromatic N) is 2. The number of urea groups is 1. The van der Waals surface area contributed by atoms with Crippen LogP contribution in [0, 0.1) is 25.2 Å². The molecule has 0 unspecified atom stereocenters. The molecule has 2 aromatic carbocycles. The van der Waals surface area contributed by atoms with Crippen molar-refractivity contribution in [3.8, 4) is 17.6 Å². The number of benzene rings is 2. The van der Waals surface area contributed by atoms with Crippen molar-refractivity contribution < 1.29 is 14.3 Å². The molecule has 8 nitrogen and oxygen atoms in total. The molecular weight excluding hydrogens is 382 g/mol. The van der Waals surface area contributed by atoms with Crippen molar-refractivity contribution in [2.24, 2.45) is 0 Å². The first kappa shape index (κ1) is 19.3. The minimum atomic E-state index is -0.283. The van der Waals surface area contributed by atoms with Gasteiger partial charge in [-0.3, -0.25) is 0 Å². The molecular formula is C22H21N5O3. The van der Waals surface area contributed by atoms with Crippen molar-refractivity contribution in [3.05, 3.63) is 53.1 Å². The van der Waals surface area contributed by atoms with Gasteiger partial charge < -0.3 is 25.4 Å². The van der Waals surface area contributed by atoms with E-state index in [1.165, 1.54) is 0 Å². The van der Waals surface area contributed by atoms with Crippen molar-refractivity contribution in [2.75, 3.05) is 30.5 Å². The summed E-state index contributed by atoms with van der Waals surface area (Å²) < 4.78 is 10.8. The number of para-hydroxylation sites is 1. The number of rotatable bonds is 5. The monoisotopic (exact) mass is 403 g/mol. The van der Waals surface area contributed by atoms with Gasteiger partial charge in [0.15, 0.2) is 11.5 Å². The standard InChI is InChI=1S/C22H21N5O3/c1-13-4-3-5-14(2)20(13)27-22(28)25-7-6-24-21-16(11-23)8-15-9-18-19(30-12-29-18)10-17(15)26-21/h3-5,8-10H,6-7,12H2,1-2H3,(H,24,26)(H2,25,27,28). The maximum Gasteiger partial charge on any atom is 0.319 e. The van der Waals surface area contributed by atoms with Gasteiger partial charge in [0.05, 0.1) is 11.1 Å². The molecule has 2 amide bonds. The third-order valence-corrected chi connectivity index (χ3v) is 4.85. The normalized spacial score (nSPS) is 11.8. The van der Waals surface area contributed by atoms with Crippen LogP contribution < -0.4 is 25.4 Å². The lowest BCUT2D eigenvalue weighted by Gasteiger charge is -2.13. The number of aryl methyl sites for hydroxylation is 2. The molecule has 30 heavy (non-hydrogen) atoms. The molecule has 8 heteroatoms. The number of hydrogen-bond acceptors (Lipinski definition) is 6. The van der Waals surface area contributed by atoms with Gasteiger partial charge in [-0.2, -0.15) is 5.26 Å². The largest absolute Gasteiger partial charge is 0.454 e. The zero-order valence-electron chi connectivity index (χ0n) is 16.7. The lowest BCUT2D eigenvalue weighted by atomic mass is 10.1. The number of nitriles is 1. The van der Waals surface area contributed by atoms with Crippen LogP contribution in [-0.4, -0.2) is 30.9 Å². The Bertz CT molecular complexity index is 1150. The number of hydrogen-bond donors (Lipinski definition) is 3. The molecule has 0 spiro atoms. The van der Waals surface area contributed by atoms with Gasteiger partial charge in [0.2, 0.25) is 6.79 Å². The van der Waals surface area contributed by atoms with E-state index in [1.807, 2.05) is 38.1 Å². The molecule has 0 fully saturated rings. The number of carbonyl (C=O) groups is 1. The Morgan fingerprint density at radius 1 is 1.13 bits per heavy atom. The average Bonchev–Trinajstić information content (AvgIpc) is 3.19. The van der Waals surface area contributed by atoms with Crippen LogP contribution in [0.1, 0.15) is 16.7 Å². The number of fused-ring (bicyclic) bond motifs is 2. The van der Waals surface area contributed by atoms with Gasteiger partial charge in [-0.15, -0.1) is 0 Å². The molecule has 4 rings (SSSR count). The molecule has 2 heterocycles. The zero-order valence-corrected chi connectivity index (χ0v) is 16.7. The van der Waals surface area contributed by atoms with Crippen molar-refractivity contribution in [1.82, 2.24) is 10.3 Å². The second-order valence-electron chi connectivity index (χ2n) is 6.97. The Balaban J connectivity index is 1.38. The number of ether oxygens (including phenoxy) is 2. The maximum absolute atomic E-state index is 12.2. The molecule has 0 atom stereocenters. The van der Waals surface area contributed by atoms with E-state index in [0.29, 0.717) is 41.5 Å². The molecule has 3 aromatic rings. The molecule has 0 saturated heterocycles. The summed E-state index contributed by atoms with van der Waals surface area (Å²) in [6.07, 6.45) is 0. The van der Waals surface area contributed by atoms with Gasteiger partial charge in [-0.1, -0.05) is 18.2 Å². The fraction of sp³-hybridized carbons (Fsp3) is 0.227. The summed E-state index contributed by atoms with van der Waals surface area (Å²) >= 11 is 0. The van der Waals surface area contributed by atoms with Crippen LogP contribution >= 0.6 is 0 Å². The van der Waals surface area contributed by atoms with E-state index < -0.39 is 0 Å². The van der Waals surface area contributed by atoms with E-state index in [2.05, 4.69) is 27.0 Å². The number of aromatic nitrogens is 1. The van der Waals surface area contributed by atoms with Crippen LogP contribution in [0.5, 0.6) is 11.5 Å².